The van der Waals surface area contributed by atoms with Gasteiger partial charge in [-0.1, -0.05) is 36.4 Å². The van der Waals surface area contributed by atoms with Gasteiger partial charge in [0.25, 0.3) is 0 Å². The standard InChI is InChI=1S/C34H43FN2O7/c1-37(34(38)39)18-16-29-30(35)8-5-10-32(29)43-21-22-44-33-23-36-17-15-28(33)25-11-13-27(14-12-25)42-20-6-19-41-24-26-7-3-4-9-31(26)40-2/h3-5,7-14,28,33,36H,6,15-24H2,1-2H3,(H,38,39). The Bertz CT molecular complexity index is 1310. The lowest BCUT2D eigenvalue weighted by Gasteiger charge is -2.32. The van der Waals surface area contributed by atoms with Crippen LogP contribution < -0.4 is 19.5 Å². The molecule has 2 unspecified atom stereocenters. The van der Waals surface area contributed by atoms with Gasteiger partial charge in [0.15, 0.2) is 0 Å². The van der Waals surface area contributed by atoms with Crippen LogP contribution in [0.2, 0.25) is 0 Å². The van der Waals surface area contributed by atoms with E-state index in [1.54, 1.807) is 19.2 Å². The summed E-state index contributed by atoms with van der Waals surface area (Å²) >= 11 is 0. The average Bonchev–Trinajstić information content (AvgIpc) is 3.04. The van der Waals surface area contributed by atoms with Crippen LogP contribution in [0.25, 0.3) is 0 Å². The summed E-state index contributed by atoms with van der Waals surface area (Å²) in [4.78, 5) is 12.2. The Labute approximate surface area is 258 Å². The maximum atomic E-state index is 14.5. The van der Waals surface area contributed by atoms with Gasteiger partial charge >= 0.3 is 6.09 Å². The van der Waals surface area contributed by atoms with Crippen molar-refractivity contribution in [1.82, 2.24) is 10.2 Å². The second-order valence-electron chi connectivity index (χ2n) is 10.7. The van der Waals surface area contributed by atoms with Gasteiger partial charge in [-0.3, -0.25) is 0 Å². The molecule has 10 heteroatoms. The van der Waals surface area contributed by atoms with Crippen molar-refractivity contribution in [3.63, 3.8) is 0 Å². The van der Waals surface area contributed by atoms with E-state index < -0.39 is 11.9 Å². The van der Waals surface area contributed by atoms with Crippen molar-refractivity contribution in [2.45, 2.75) is 37.9 Å². The van der Waals surface area contributed by atoms with Gasteiger partial charge in [-0.05, 0) is 55.3 Å². The predicted octanol–water partition coefficient (Wildman–Crippen LogP) is 5.51. The van der Waals surface area contributed by atoms with E-state index in [0.717, 1.165) is 47.9 Å². The minimum absolute atomic E-state index is 0.0318. The number of hydrogen-bond donors (Lipinski definition) is 2. The number of para-hydroxylation sites is 1. The van der Waals surface area contributed by atoms with Crippen LogP contribution in [-0.4, -0.2) is 82.4 Å². The summed E-state index contributed by atoms with van der Waals surface area (Å²) < 4.78 is 43.6. The molecule has 0 aliphatic carbocycles. The van der Waals surface area contributed by atoms with Crippen LogP contribution in [0.3, 0.4) is 0 Å². The molecule has 44 heavy (non-hydrogen) atoms. The third-order valence-electron chi connectivity index (χ3n) is 7.66. The summed E-state index contributed by atoms with van der Waals surface area (Å²) in [6.07, 6.45) is 0.852. The Morgan fingerprint density at radius 2 is 1.77 bits per heavy atom. The Hall–Kier alpha value is -3.86. The van der Waals surface area contributed by atoms with Gasteiger partial charge in [0.2, 0.25) is 0 Å². The van der Waals surface area contributed by atoms with Gasteiger partial charge in [-0.2, -0.15) is 0 Å². The monoisotopic (exact) mass is 610 g/mol. The summed E-state index contributed by atoms with van der Waals surface area (Å²) in [6, 6.07) is 20.7. The van der Waals surface area contributed by atoms with Gasteiger partial charge in [0.05, 0.1) is 39.6 Å². The Balaban J connectivity index is 1.19. The molecule has 0 radical (unpaired) electrons. The second-order valence-corrected chi connectivity index (χ2v) is 10.7. The molecule has 1 amide bonds. The molecule has 238 valence electrons. The minimum atomic E-state index is -1.06. The zero-order chi connectivity index (χ0) is 31.1. The molecule has 1 fully saturated rings. The molecule has 0 spiro atoms. The number of hydrogen-bond acceptors (Lipinski definition) is 7. The van der Waals surface area contributed by atoms with Crippen molar-refractivity contribution in [3.8, 4) is 17.2 Å². The summed E-state index contributed by atoms with van der Waals surface area (Å²) in [6.45, 7) is 4.06. The molecular weight excluding hydrogens is 567 g/mol. The molecule has 1 saturated heterocycles. The highest BCUT2D eigenvalue weighted by atomic mass is 19.1. The molecule has 1 heterocycles. The van der Waals surface area contributed by atoms with E-state index in [9.17, 15) is 9.18 Å². The number of amides is 1. The fourth-order valence-corrected chi connectivity index (χ4v) is 5.20. The molecule has 2 N–H and O–H groups in total. The Kier molecular flexibility index (Phi) is 13.1. The number of benzene rings is 3. The van der Waals surface area contributed by atoms with Crippen molar-refractivity contribution < 1.29 is 38.0 Å². The maximum absolute atomic E-state index is 14.5. The third kappa shape index (κ3) is 9.83. The fourth-order valence-electron chi connectivity index (χ4n) is 5.20. The van der Waals surface area contributed by atoms with E-state index in [0.29, 0.717) is 37.7 Å². The molecule has 1 aliphatic heterocycles. The van der Waals surface area contributed by atoms with Gasteiger partial charge in [0.1, 0.15) is 29.7 Å². The zero-order valence-corrected chi connectivity index (χ0v) is 25.5. The number of ether oxygens (including phenoxy) is 5. The first-order valence-corrected chi connectivity index (χ1v) is 15.0. The lowest BCUT2D eigenvalue weighted by molar-refractivity contribution is 0.00715. The van der Waals surface area contributed by atoms with E-state index >= 15 is 0 Å². The van der Waals surface area contributed by atoms with Gasteiger partial charge in [-0.25, -0.2) is 9.18 Å². The number of methoxy groups -OCH3 is 1. The van der Waals surface area contributed by atoms with Crippen molar-refractivity contribution in [3.05, 3.63) is 89.2 Å². The van der Waals surface area contributed by atoms with E-state index in [2.05, 4.69) is 17.4 Å². The molecule has 4 rings (SSSR count). The number of carboxylic acid groups (broad SMARTS) is 1. The molecule has 9 nitrogen and oxygen atoms in total. The van der Waals surface area contributed by atoms with Crippen LogP contribution in [0.4, 0.5) is 9.18 Å². The molecule has 3 aromatic carbocycles. The quantitative estimate of drug-likeness (QED) is 0.193. The number of nitrogens with zero attached hydrogens (tertiary/aromatic N) is 1. The SMILES string of the molecule is COc1ccccc1COCCCOc1ccc(C2CCNCC2OCCOc2cccc(F)c2CCN(C)C(=O)O)cc1. The van der Waals surface area contributed by atoms with Crippen LogP contribution in [0.5, 0.6) is 17.2 Å². The van der Waals surface area contributed by atoms with E-state index in [1.807, 2.05) is 36.4 Å². The largest absolute Gasteiger partial charge is 0.496 e. The van der Waals surface area contributed by atoms with Gasteiger partial charge in [0, 0.05) is 43.6 Å². The molecule has 3 aromatic rings. The number of nitrogens with one attached hydrogen (secondary N) is 1. The van der Waals surface area contributed by atoms with Gasteiger partial charge in [-0.15, -0.1) is 0 Å². The molecule has 2 atom stereocenters. The average molecular weight is 611 g/mol. The summed E-state index contributed by atoms with van der Waals surface area (Å²) in [5.74, 6) is 1.87. The summed E-state index contributed by atoms with van der Waals surface area (Å²) in [7, 11) is 3.11. The molecular formula is C34H43FN2O7. The first-order chi connectivity index (χ1) is 21.5. The van der Waals surface area contributed by atoms with Crippen LogP contribution >= 0.6 is 0 Å². The Morgan fingerprint density at radius 3 is 2.57 bits per heavy atom. The van der Waals surface area contributed by atoms with Crippen molar-refractivity contribution >= 4 is 6.09 Å². The fraction of sp³-hybridized carbons (Fsp3) is 0.441. The van der Waals surface area contributed by atoms with Crippen LogP contribution in [0.1, 0.15) is 35.4 Å². The number of rotatable bonds is 17. The number of halogens is 1. The topological polar surface area (TPSA) is 98.7 Å². The normalized spacial score (nSPS) is 16.3. The molecule has 1 aliphatic rings. The summed E-state index contributed by atoms with van der Waals surface area (Å²) in [5, 5.41) is 12.5. The van der Waals surface area contributed by atoms with Crippen molar-refractivity contribution in [2.75, 3.05) is 60.2 Å². The van der Waals surface area contributed by atoms with Crippen LogP contribution in [0.15, 0.2) is 66.7 Å². The number of piperidine rings is 1. The smallest absolute Gasteiger partial charge is 0.407 e. The van der Waals surface area contributed by atoms with Gasteiger partial charge < -0.3 is 39.0 Å². The molecule has 0 aromatic heterocycles. The highest BCUT2D eigenvalue weighted by Crippen LogP contribution is 2.29. The van der Waals surface area contributed by atoms with Crippen molar-refractivity contribution in [1.29, 1.82) is 0 Å². The van der Waals surface area contributed by atoms with E-state index in [-0.39, 0.29) is 31.6 Å². The highest BCUT2D eigenvalue weighted by molar-refractivity contribution is 5.64. The lowest BCUT2D eigenvalue weighted by Crippen LogP contribution is -2.41. The Morgan fingerprint density at radius 1 is 0.977 bits per heavy atom. The number of likely N-dealkylation sites (N-methyl/N-ethyl adjacent to an activating group) is 1. The predicted molar refractivity (Wildman–Crippen MR) is 165 cm³/mol. The van der Waals surface area contributed by atoms with Crippen LogP contribution in [0, 0.1) is 5.82 Å². The van der Waals surface area contributed by atoms with E-state index in [1.165, 1.54) is 18.7 Å². The third-order valence-corrected chi connectivity index (χ3v) is 7.66. The highest BCUT2D eigenvalue weighted by Gasteiger charge is 2.27. The second kappa shape index (κ2) is 17.4. The van der Waals surface area contributed by atoms with Crippen LogP contribution in [-0.2, 0) is 22.5 Å². The lowest BCUT2D eigenvalue weighted by atomic mass is 9.88. The summed E-state index contributed by atoms with van der Waals surface area (Å²) in [5.41, 5.74) is 2.58. The zero-order valence-electron chi connectivity index (χ0n) is 25.5. The number of carbonyl (C=O) groups is 1. The van der Waals surface area contributed by atoms with Crippen molar-refractivity contribution in [2.24, 2.45) is 0 Å². The maximum Gasteiger partial charge on any atom is 0.407 e. The van der Waals surface area contributed by atoms with E-state index in [4.69, 9.17) is 28.8 Å². The molecule has 0 saturated carbocycles. The first kappa shape index (κ1) is 33.0. The molecule has 0 bridgehead atoms. The first-order valence-electron chi connectivity index (χ1n) is 15.0. The minimum Gasteiger partial charge on any atom is -0.496 e.